The first kappa shape index (κ1) is 14.4. The van der Waals surface area contributed by atoms with E-state index in [0.717, 1.165) is 17.8 Å². The number of halogens is 2. The fourth-order valence-corrected chi connectivity index (χ4v) is 2.93. The summed E-state index contributed by atoms with van der Waals surface area (Å²) in [7, 11) is 0. The third kappa shape index (κ3) is 2.90. The molecular formula is C14H14Cl2N4O. The number of nitrogen functional groups attached to an aromatic ring is 1. The van der Waals surface area contributed by atoms with Gasteiger partial charge in [-0.05, 0) is 11.6 Å². The summed E-state index contributed by atoms with van der Waals surface area (Å²) in [5.74, 6) is 0.171. The van der Waals surface area contributed by atoms with E-state index in [2.05, 4.69) is 14.9 Å². The van der Waals surface area contributed by atoms with E-state index < -0.39 is 0 Å². The van der Waals surface area contributed by atoms with Crippen molar-refractivity contribution in [2.24, 2.45) is 0 Å². The number of rotatable bonds is 2. The van der Waals surface area contributed by atoms with E-state index in [0.29, 0.717) is 35.1 Å². The van der Waals surface area contributed by atoms with Crippen LogP contribution in [0, 0.1) is 0 Å². The Kier molecular flexibility index (Phi) is 3.89. The second kappa shape index (κ2) is 5.67. The molecule has 0 unspecified atom stereocenters. The fraction of sp³-hybridized carbons (Fsp3) is 0.286. The van der Waals surface area contributed by atoms with Gasteiger partial charge >= 0.3 is 0 Å². The summed E-state index contributed by atoms with van der Waals surface area (Å²) in [5.41, 5.74) is 7.81. The minimum Gasteiger partial charge on any atom is -0.369 e. The number of aromatic nitrogens is 2. The van der Waals surface area contributed by atoms with Crippen LogP contribution in [0.4, 0.5) is 5.95 Å². The molecule has 0 atom stereocenters. The zero-order valence-electron chi connectivity index (χ0n) is 11.2. The number of anilines is 1. The number of nitrogens with two attached hydrogens (primary N) is 1. The maximum atomic E-state index is 12.0. The molecule has 1 aliphatic heterocycles. The maximum Gasteiger partial charge on any atom is 0.257 e. The topological polar surface area (TPSA) is 75.0 Å². The van der Waals surface area contributed by atoms with Crippen LogP contribution < -0.4 is 11.3 Å². The molecule has 0 bridgehead atoms. The average Bonchev–Trinajstić information content (AvgIpc) is 2.44. The van der Waals surface area contributed by atoms with E-state index in [-0.39, 0.29) is 11.5 Å². The van der Waals surface area contributed by atoms with E-state index >= 15 is 0 Å². The molecule has 7 heteroatoms. The lowest BCUT2D eigenvalue weighted by molar-refractivity contribution is 0.242. The molecule has 5 nitrogen and oxygen atoms in total. The Labute approximate surface area is 131 Å². The van der Waals surface area contributed by atoms with Gasteiger partial charge in [0.2, 0.25) is 5.95 Å². The summed E-state index contributed by atoms with van der Waals surface area (Å²) in [4.78, 5) is 20.8. The Balaban J connectivity index is 1.84. The molecule has 3 N–H and O–H groups in total. The second-order valence-corrected chi connectivity index (χ2v) is 5.84. The van der Waals surface area contributed by atoms with Crippen LogP contribution in [0.15, 0.2) is 23.0 Å². The van der Waals surface area contributed by atoms with Crippen LogP contribution in [0.3, 0.4) is 0 Å². The molecule has 2 heterocycles. The van der Waals surface area contributed by atoms with Crippen LogP contribution in [-0.4, -0.2) is 21.4 Å². The van der Waals surface area contributed by atoms with Gasteiger partial charge in [0.25, 0.3) is 5.56 Å². The molecule has 0 fully saturated rings. The Morgan fingerprint density at radius 2 is 2.19 bits per heavy atom. The number of aromatic amines is 1. The van der Waals surface area contributed by atoms with Gasteiger partial charge in [-0.2, -0.15) is 0 Å². The molecule has 110 valence electrons. The van der Waals surface area contributed by atoms with Crippen LogP contribution in [0.2, 0.25) is 10.0 Å². The maximum absolute atomic E-state index is 12.0. The number of hydrogen-bond acceptors (Lipinski definition) is 4. The lowest BCUT2D eigenvalue weighted by atomic mass is 10.1. The number of nitrogens with zero attached hydrogens (tertiary/aromatic N) is 2. The van der Waals surface area contributed by atoms with Crippen molar-refractivity contribution < 1.29 is 0 Å². The molecule has 3 rings (SSSR count). The first-order valence-electron chi connectivity index (χ1n) is 6.57. The summed E-state index contributed by atoms with van der Waals surface area (Å²) in [6.45, 7) is 1.97. The van der Waals surface area contributed by atoms with Gasteiger partial charge in [0.05, 0.1) is 21.3 Å². The molecule has 0 amide bonds. The van der Waals surface area contributed by atoms with Gasteiger partial charge < -0.3 is 5.73 Å². The molecule has 0 radical (unpaired) electrons. The lowest BCUT2D eigenvalue weighted by Gasteiger charge is -2.27. The van der Waals surface area contributed by atoms with Crippen LogP contribution in [-0.2, 0) is 19.5 Å². The molecular weight excluding hydrogens is 311 g/mol. The minimum atomic E-state index is -0.167. The number of H-pyrrole nitrogens is 1. The molecule has 2 aromatic rings. The number of hydrogen-bond donors (Lipinski definition) is 2. The predicted octanol–water partition coefficient (Wildman–Crippen LogP) is 2.22. The largest absolute Gasteiger partial charge is 0.369 e. The highest BCUT2D eigenvalue weighted by molar-refractivity contribution is 6.42. The highest BCUT2D eigenvalue weighted by Crippen LogP contribution is 2.27. The van der Waals surface area contributed by atoms with Gasteiger partial charge in [0.1, 0.15) is 0 Å². The second-order valence-electron chi connectivity index (χ2n) is 5.05. The SMILES string of the molecule is Nc1nc2c(c(=O)[nH]1)CN(Cc1cccc(Cl)c1Cl)CC2. The van der Waals surface area contributed by atoms with Crippen molar-refractivity contribution >= 4 is 29.2 Å². The normalized spacial score (nSPS) is 15.0. The summed E-state index contributed by atoms with van der Waals surface area (Å²) in [5, 5.41) is 1.10. The summed E-state index contributed by atoms with van der Waals surface area (Å²) in [6, 6.07) is 5.57. The zero-order valence-corrected chi connectivity index (χ0v) is 12.7. The Bertz CT molecular complexity index is 744. The summed E-state index contributed by atoms with van der Waals surface area (Å²) in [6.07, 6.45) is 0.696. The smallest absolute Gasteiger partial charge is 0.257 e. The Hall–Kier alpha value is -1.56. The Morgan fingerprint density at radius 1 is 1.38 bits per heavy atom. The van der Waals surface area contributed by atoms with E-state index in [1.165, 1.54) is 0 Å². The van der Waals surface area contributed by atoms with Crippen LogP contribution in [0.1, 0.15) is 16.8 Å². The molecule has 0 saturated heterocycles. The highest BCUT2D eigenvalue weighted by Gasteiger charge is 2.21. The van der Waals surface area contributed by atoms with Crippen LogP contribution in [0.5, 0.6) is 0 Å². The Morgan fingerprint density at radius 3 is 3.00 bits per heavy atom. The first-order chi connectivity index (χ1) is 10.0. The van der Waals surface area contributed by atoms with E-state index in [4.69, 9.17) is 28.9 Å². The summed E-state index contributed by atoms with van der Waals surface area (Å²) >= 11 is 12.2. The lowest BCUT2D eigenvalue weighted by Crippen LogP contribution is -2.35. The summed E-state index contributed by atoms with van der Waals surface area (Å²) < 4.78 is 0. The van der Waals surface area contributed by atoms with Crippen molar-refractivity contribution in [3.05, 3.63) is 55.4 Å². The van der Waals surface area contributed by atoms with Crippen LogP contribution in [0.25, 0.3) is 0 Å². The first-order valence-corrected chi connectivity index (χ1v) is 7.33. The van der Waals surface area contributed by atoms with E-state index in [1.807, 2.05) is 12.1 Å². The third-order valence-electron chi connectivity index (χ3n) is 3.59. The molecule has 21 heavy (non-hydrogen) atoms. The fourth-order valence-electron chi connectivity index (χ4n) is 2.55. The van der Waals surface area contributed by atoms with Crippen molar-refractivity contribution in [3.63, 3.8) is 0 Å². The standard InChI is InChI=1S/C14H14Cl2N4O/c15-10-3-1-2-8(12(10)16)6-20-5-4-11-9(7-20)13(21)19-14(17)18-11/h1-3H,4-7H2,(H3,17,18,19,21). The molecule has 1 aromatic heterocycles. The molecule has 0 spiro atoms. The zero-order chi connectivity index (χ0) is 15.0. The van der Waals surface area contributed by atoms with Crippen molar-refractivity contribution in [1.29, 1.82) is 0 Å². The number of fused-ring (bicyclic) bond motifs is 1. The van der Waals surface area contributed by atoms with Gasteiger partial charge in [-0.25, -0.2) is 4.98 Å². The molecule has 1 aliphatic rings. The number of nitrogens with one attached hydrogen (secondary N) is 1. The van der Waals surface area contributed by atoms with Crippen molar-refractivity contribution in [3.8, 4) is 0 Å². The van der Waals surface area contributed by atoms with E-state index in [1.54, 1.807) is 6.07 Å². The van der Waals surface area contributed by atoms with Gasteiger partial charge in [-0.1, -0.05) is 35.3 Å². The van der Waals surface area contributed by atoms with Gasteiger partial charge in [0.15, 0.2) is 0 Å². The highest BCUT2D eigenvalue weighted by atomic mass is 35.5. The number of benzene rings is 1. The molecule has 1 aromatic carbocycles. The minimum absolute atomic E-state index is 0.167. The molecule has 0 saturated carbocycles. The predicted molar refractivity (Wildman–Crippen MR) is 83.6 cm³/mol. The average molecular weight is 325 g/mol. The van der Waals surface area contributed by atoms with Crippen molar-refractivity contribution in [2.45, 2.75) is 19.5 Å². The molecule has 0 aliphatic carbocycles. The van der Waals surface area contributed by atoms with Gasteiger partial charge in [0, 0.05) is 26.1 Å². The van der Waals surface area contributed by atoms with E-state index in [9.17, 15) is 4.79 Å². The quantitative estimate of drug-likeness (QED) is 0.888. The van der Waals surface area contributed by atoms with Crippen molar-refractivity contribution in [1.82, 2.24) is 14.9 Å². The van der Waals surface area contributed by atoms with Crippen molar-refractivity contribution in [2.75, 3.05) is 12.3 Å². The third-order valence-corrected chi connectivity index (χ3v) is 4.45. The van der Waals surface area contributed by atoms with Crippen LogP contribution >= 0.6 is 23.2 Å². The van der Waals surface area contributed by atoms with Gasteiger partial charge in [-0.3, -0.25) is 14.7 Å². The van der Waals surface area contributed by atoms with Gasteiger partial charge in [-0.15, -0.1) is 0 Å². The monoisotopic (exact) mass is 324 g/mol.